The van der Waals surface area contributed by atoms with Crippen molar-refractivity contribution >= 4 is 0 Å². The summed E-state index contributed by atoms with van der Waals surface area (Å²) in [5.74, 6) is -0.713. The molecule has 3 aliphatic heterocycles. The van der Waals surface area contributed by atoms with Crippen molar-refractivity contribution in [3.8, 4) is 0 Å². The van der Waals surface area contributed by atoms with Crippen LogP contribution in [0, 0.1) is 0 Å². The lowest BCUT2D eigenvalue weighted by Crippen LogP contribution is -2.48. The maximum atomic E-state index is 10.1. The third kappa shape index (κ3) is 6.34. The van der Waals surface area contributed by atoms with Crippen molar-refractivity contribution in [1.82, 2.24) is 0 Å². The van der Waals surface area contributed by atoms with E-state index < -0.39 is 18.0 Å². The van der Waals surface area contributed by atoms with Crippen LogP contribution < -0.4 is 0 Å². The van der Waals surface area contributed by atoms with Gasteiger partial charge in [0.05, 0.1) is 36.6 Å². The first kappa shape index (κ1) is 22.4. The summed E-state index contributed by atoms with van der Waals surface area (Å²) in [4.78, 5) is 0. The van der Waals surface area contributed by atoms with Gasteiger partial charge in [0.15, 0.2) is 18.4 Å². The summed E-state index contributed by atoms with van der Waals surface area (Å²) in [5, 5.41) is 20.2. The number of methoxy groups -OCH3 is 2. The molecule has 0 spiro atoms. The van der Waals surface area contributed by atoms with E-state index in [1.165, 1.54) is 0 Å². The second-order valence-electron chi connectivity index (χ2n) is 8.68. The largest absolute Gasteiger partial charge is 0.393 e. The van der Waals surface area contributed by atoms with Crippen molar-refractivity contribution in [1.29, 1.82) is 0 Å². The van der Waals surface area contributed by atoms with E-state index in [1.807, 2.05) is 13.8 Å². The number of aliphatic hydroxyl groups excluding tert-OH is 2. The average Bonchev–Trinajstić information content (AvgIpc) is 2.59. The van der Waals surface area contributed by atoms with E-state index in [4.69, 9.17) is 28.4 Å². The van der Waals surface area contributed by atoms with Crippen LogP contribution in [0.25, 0.3) is 0 Å². The zero-order valence-electron chi connectivity index (χ0n) is 17.4. The Labute approximate surface area is 167 Å². The first-order valence-corrected chi connectivity index (χ1v) is 10.3. The Morgan fingerprint density at radius 3 is 1.54 bits per heavy atom. The SMILES string of the molecule is COC1C[C@@H](O)C[C@@H](C[C@@H]2C[C@H](C[C@@H]3C[C@H](O)CC(OC)O3)OC(C)(C)O2)O1. The van der Waals surface area contributed by atoms with Crippen molar-refractivity contribution in [3.63, 3.8) is 0 Å². The fourth-order valence-corrected chi connectivity index (χ4v) is 4.60. The lowest BCUT2D eigenvalue weighted by molar-refractivity contribution is -0.313. The zero-order chi connectivity index (χ0) is 20.3. The van der Waals surface area contributed by atoms with Gasteiger partial charge in [-0.3, -0.25) is 0 Å². The van der Waals surface area contributed by atoms with Crippen LogP contribution in [0.4, 0.5) is 0 Å². The molecule has 8 nitrogen and oxygen atoms in total. The van der Waals surface area contributed by atoms with Crippen LogP contribution in [0.3, 0.4) is 0 Å². The minimum Gasteiger partial charge on any atom is -0.393 e. The van der Waals surface area contributed by atoms with Gasteiger partial charge >= 0.3 is 0 Å². The Hall–Kier alpha value is -0.320. The Morgan fingerprint density at radius 2 is 1.14 bits per heavy atom. The van der Waals surface area contributed by atoms with Crippen molar-refractivity contribution in [2.24, 2.45) is 0 Å². The fraction of sp³-hybridized carbons (Fsp3) is 1.00. The van der Waals surface area contributed by atoms with Gasteiger partial charge in [-0.1, -0.05) is 0 Å². The molecule has 0 bridgehead atoms. The third-order valence-electron chi connectivity index (χ3n) is 5.69. The minimum atomic E-state index is -0.713. The van der Waals surface area contributed by atoms with E-state index in [0.29, 0.717) is 44.9 Å². The molecule has 3 rings (SSSR count). The highest BCUT2D eigenvalue weighted by Crippen LogP contribution is 2.35. The molecule has 2 N–H and O–H groups in total. The quantitative estimate of drug-likeness (QED) is 0.691. The summed E-state index contributed by atoms with van der Waals surface area (Å²) in [7, 11) is 3.19. The summed E-state index contributed by atoms with van der Waals surface area (Å²) in [6.07, 6.45) is 2.31. The van der Waals surface area contributed by atoms with Gasteiger partial charge in [0.25, 0.3) is 0 Å². The molecule has 8 atom stereocenters. The highest BCUT2D eigenvalue weighted by Gasteiger charge is 2.40. The van der Waals surface area contributed by atoms with Crippen LogP contribution in [-0.2, 0) is 28.4 Å². The van der Waals surface area contributed by atoms with Gasteiger partial charge in [0.2, 0.25) is 0 Å². The van der Waals surface area contributed by atoms with Gasteiger partial charge in [-0.25, -0.2) is 0 Å². The number of hydrogen-bond donors (Lipinski definition) is 2. The summed E-state index contributed by atoms with van der Waals surface area (Å²) < 4.78 is 34.7. The van der Waals surface area contributed by atoms with Crippen molar-refractivity contribution in [2.75, 3.05) is 14.2 Å². The molecule has 0 aromatic carbocycles. The van der Waals surface area contributed by atoms with Gasteiger partial charge in [0.1, 0.15) is 0 Å². The van der Waals surface area contributed by atoms with Crippen molar-refractivity contribution in [3.05, 3.63) is 0 Å². The van der Waals surface area contributed by atoms with Crippen LogP contribution >= 0.6 is 0 Å². The van der Waals surface area contributed by atoms with Crippen LogP contribution in [0.15, 0.2) is 0 Å². The van der Waals surface area contributed by atoms with E-state index >= 15 is 0 Å². The lowest BCUT2D eigenvalue weighted by atomic mass is 9.93. The number of hydrogen-bond acceptors (Lipinski definition) is 8. The van der Waals surface area contributed by atoms with E-state index in [2.05, 4.69) is 0 Å². The predicted molar refractivity (Wildman–Crippen MR) is 99.5 cm³/mol. The Kier molecular flexibility index (Phi) is 7.72. The smallest absolute Gasteiger partial charge is 0.163 e. The second kappa shape index (κ2) is 9.66. The Bertz CT molecular complexity index is 447. The summed E-state index contributed by atoms with van der Waals surface area (Å²) >= 11 is 0. The molecule has 3 saturated heterocycles. The van der Waals surface area contributed by atoms with E-state index in [1.54, 1.807) is 14.2 Å². The summed E-state index contributed by atoms with van der Waals surface area (Å²) in [6, 6.07) is 0. The molecular weight excluding hydrogens is 368 g/mol. The predicted octanol–water partition coefficient (Wildman–Crippen LogP) is 1.70. The number of aliphatic hydroxyl groups is 2. The maximum absolute atomic E-state index is 10.1. The highest BCUT2D eigenvalue weighted by molar-refractivity contribution is 4.85. The zero-order valence-corrected chi connectivity index (χ0v) is 17.4. The molecule has 0 aromatic heterocycles. The number of rotatable bonds is 6. The summed E-state index contributed by atoms with van der Waals surface area (Å²) in [5.41, 5.74) is 0. The van der Waals surface area contributed by atoms with Crippen LogP contribution in [-0.4, -0.2) is 79.4 Å². The number of ether oxygens (including phenoxy) is 6. The van der Waals surface area contributed by atoms with Crippen molar-refractivity contribution in [2.45, 2.75) is 114 Å². The lowest BCUT2D eigenvalue weighted by Gasteiger charge is -2.44. The topological polar surface area (TPSA) is 95.8 Å². The van der Waals surface area contributed by atoms with Crippen LogP contribution in [0.5, 0.6) is 0 Å². The van der Waals surface area contributed by atoms with Crippen molar-refractivity contribution < 1.29 is 38.6 Å². The molecule has 28 heavy (non-hydrogen) atoms. The minimum absolute atomic E-state index is 0.0479. The molecule has 0 radical (unpaired) electrons. The van der Waals surface area contributed by atoms with E-state index in [-0.39, 0.29) is 37.0 Å². The molecule has 0 saturated carbocycles. The first-order chi connectivity index (χ1) is 13.3. The molecule has 2 unspecified atom stereocenters. The molecule has 0 aliphatic carbocycles. The third-order valence-corrected chi connectivity index (χ3v) is 5.69. The molecule has 0 amide bonds. The molecule has 0 aromatic rings. The molecule has 8 heteroatoms. The van der Waals surface area contributed by atoms with Gasteiger partial charge in [-0.2, -0.15) is 0 Å². The monoisotopic (exact) mass is 404 g/mol. The van der Waals surface area contributed by atoms with Crippen LogP contribution in [0.2, 0.25) is 0 Å². The maximum Gasteiger partial charge on any atom is 0.163 e. The normalized spacial score (nSPS) is 44.4. The highest BCUT2D eigenvalue weighted by atomic mass is 16.7. The van der Waals surface area contributed by atoms with E-state index in [9.17, 15) is 10.2 Å². The standard InChI is InChI=1S/C20H36O8/c1-20(2)27-16(9-14-5-12(21)7-18(23-3)25-14)11-17(28-20)10-15-6-13(22)8-19(24-4)26-15/h12-19,21-22H,5-11H2,1-4H3/t12-,13-,14-,15-,16-,17+,18?,19?/m0/s1. The Morgan fingerprint density at radius 1 is 0.714 bits per heavy atom. The van der Waals surface area contributed by atoms with Gasteiger partial charge in [-0.15, -0.1) is 0 Å². The summed E-state index contributed by atoms with van der Waals surface area (Å²) in [6.45, 7) is 3.82. The molecule has 3 aliphatic rings. The van der Waals surface area contributed by atoms with Gasteiger partial charge in [0, 0.05) is 46.3 Å². The first-order valence-electron chi connectivity index (χ1n) is 10.3. The average molecular weight is 405 g/mol. The molecule has 3 fully saturated rings. The molecule has 164 valence electrons. The van der Waals surface area contributed by atoms with Gasteiger partial charge in [-0.05, 0) is 26.7 Å². The Balaban J connectivity index is 1.56. The van der Waals surface area contributed by atoms with Crippen LogP contribution in [0.1, 0.15) is 58.8 Å². The van der Waals surface area contributed by atoms with Gasteiger partial charge < -0.3 is 38.6 Å². The van der Waals surface area contributed by atoms with E-state index in [0.717, 1.165) is 0 Å². The second-order valence-corrected chi connectivity index (χ2v) is 8.68. The molecule has 3 heterocycles. The molecular formula is C20H36O8. The fourth-order valence-electron chi connectivity index (χ4n) is 4.60.